The second kappa shape index (κ2) is 18.1. The summed E-state index contributed by atoms with van der Waals surface area (Å²) >= 11 is 0. The molecule has 61 heavy (non-hydrogen) atoms. The number of amides is 3. The molecule has 7 rings (SSSR count). The molecule has 0 aromatic carbocycles. The van der Waals surface area contributed by atoms with Crippen molar-refractivity contribution in [1.82, 2.24) is 24.1 Å². The number of fused-ring (bicyclic) bond motifs is 1. The number of hydrogen-bond acceptors (Lipinski definition) is 9. The van der Waals surface area contributed by atoms with Gasteiger partial charge in [0.1, 0.15) is 0 Å². The summed E-state index contributed by atoms with van der Waals surface area (Å²) in [5, 5.41) is 3.28. The molecule has 7 atom stereocenters. The number of piperidine rings is 1. The summed E-state index contributed by atoms with van der Waals surface area (Å²) in [6.07, 6.45) is 14.2. The molecule has 1 unspecified atom stereocenters. The minimum atomic E-state index is -4.13. The number of nitrogens with zero attached hydrogens (tertiary/aromatic N) is 3. The molecule has 0 aromatic heterocycles. The van der Waals surface area contributed by atoms with E-state index in [0.717, 1.165) is 83.7 Å². The molecule has 0 bridgehead atoms. The van der Waals surface area contributed by atoms with Crippen molar-refractivity contribution in [2.24, 2.45) is 45.3 Å². The molecule has 4 saturated carbocycles. The maximum atomic E-state index is 15.6. The van der Waals surface area contributed by atoms with Gasteiger partial charge in [0, 0.05) is 57.0 Å². The Bertz CT molecular complexity index is 1800. The van der Waals surface area contributed by atoms with E-state index in [1.165, 1.54) is 4.31 Å². The van der Waals surface area contributed by atoms with Crippen LogP contribution in [0.3, 0.4) is 0 Å². The van der Waals surface area contributed by atoms with E-state index in [2.05, 4.69) is 42.3 Å². The van der Waals surface area contributed by atoms with E-state index in [1.807, 2.05) is 0 Å². The topological polar surface area (TPSA) is 162 Å². The molecule has 7 fully saturated rings. The lowest BCUT2D eigenvalue weighted by molar-refractivity contribution is -0.146. The van der Waals surface area contributed by atoms with E-state index >= 15 is 4.79 Å². The number of likely N-dealkylation sites (tertiary alicyclic amines) is 2. The van der Waals surface area contributed by atoms with Crippen LogP contribution in [0.2, 0.25) is 0 Å². The van der Waals surface area contributed by atoms with Crippen molar-refractivity contribution in [3.63, 3.8) is 0 Å². The molecule has 0 aromatic rings. The first-order valence-corrected chi connectivity index (χ1v) is 25.4. The third-order valence-electron chi connectivity index (χ3n) is 17.8. The summed E-state index contributed by atoms with van der Waals surface area (Å²) < 4.78 is 35.7. The molecule has 13 nitrogen and oxygen atoms in total. The van der Waals surface area contributed by atoms with Crippen molar-refractivity contribution in [2.75, 3.05) is 45.9 Å². The molecule has 3 heterocycles. The number of rotatable bonds is 18. The highest BCUT2D eigenvalue weighted by Gasteiger charge is 2.85. The Balaban J connectivity index is 1.18. The fraction of sp³-hybridized carbons (Fsp3) is 0.851. The van der Waals surface area contributed by atoms with Crippen LogP contribution < -0.4 is 10.0 Å². The Morgan fingerprint density at radius 3 is 2.10 bits per heavy atom. The molecular weight excluding hydrogens is 795 g/mol. The Morgan fingerprint density at radius 1 is 0.852 bits per heavy atom. The van der Waals surface area contributed by atoms with Crippen LogP contribution in [-0.4, -0.2) is 116 Å². The van der Waals surface area contributed by atoms with Crippen LogP contribution in [0.4, 0.5) is 0 Å². The standard InChI is InChI=1S/C47H75N5O8S/c1-7-34-28-45(34,43(57)49-61(58,59)51(9-3)10-4)30-39(54)37-29-47(44(5,6)46(47)22-16-23-46)31-52(37)42(56)35(32-20-25-60-26-21-32)27-38(53)40(33-17-12-11-13-18-33)48-41(55)36-19-14-15-24-50(36)8-2/h7,32-37,40H,1,8-31H2,2-6H3,(H,48,55)(H,49,57)/t34-,35+,36+,37+,40?,45-,47-/m1/s1. The summed E-state index contributed by atoms with van der Waals surface area (Å²) in [4.78, 5) is 77.5. The van der Waals surface area contributed by atoms with Gasteiger partial charge in [0.2, 0.25) is 17.7 Å². The lowest BCUT2D eigenvalue weighted by Crippen LogP contribution is -2.56. The van der Waals surface area contributed by atoms with Gasteiger partial charge in [0.25, 0.3) is 0 Å². The van der Waals surface area contributed by atoms with Gasteiger partial charge in [-0.3, -0.25) is 28.9 Å². The highest BCUT2D eigenvalue weighted by Crippen LogP contribution is 2.88. The average Bonchev–Trinajstić information content (AvgIpc) is 3.97. The van der Waals surface area contributed by atoms with Crippen molar-refractivity contribution < 1.29 is 37.1 Å². The minimum Gasteiger partial charge on any atom is -0.381 e. The van der Waals surface area contributed by atoms with Crippen LogP contribution in [0, 0.1) is 45.3 Å². The van der Waals surface area contributed by atoms with E-state index < -0.39 is 39.5 Å². The number of likely N-dealkylation sites (N-methyl/N-ethyl adjacent to an activating group) is 1. The van der Waals surface area contributed by atoms with Gasteiger partial charge in [0.15, 0.2) is 11.6 Å². The number of Topliss-reactive ketones (excluding diaryl/α,β-unsaturated/α-hetero) is 2. The van der Waals surface area contributed by atoms with Gasteiger partial charge < -0.3 is 15.0 Å². The van der Waals surface area contributed by atoms with Crippen molar-refractivity contribution in [1.29, 1.82) is 0 Å². The second-order valence-electron chi connectivity index (χ2n) is 20.4. The van der Waals surface area contributed by atoms with Crippen LogP contribution in [0.15, 0.2) is 12.7 Å². The van der Waals surface area contributed by atoms with Gasteiger partial charge in [-0.2, -0.15) is 12.7 Å². The van der Waals surface area contributed by atoms with Crippen molar-refractivity contribution in [3.8, 4) is 0 Å². The maximum Gasteiger partial charge on any atom is 0.303 e. The number of hydrogen-bond donors (Lipinski definition) is 2. The molecule has 0 radical (unpaired) electrons. The first-order valence-electron chi connectivity index (χ1n) is 24.0. The van der Waals surface area contributed by atoms with Crippen LogP contribution >= 0.6 is 0 Å². The van der Waals surface area contributed by atoms with Gasteiger partial charge >= 0.3 is 10.2 Å². The lowest BCUT2D eigenvalue weighted by atomic mass is 9.73. The zero-order valence-corrected chi connectivity index (χ0v) is 38.6. The van der Waals surface area contributed by atoms with E-state index in [0.29, 0.717) is 45.4 Å². The Morgan fingerprint density at radius 2 is 1.52 bits per heavy atom. The summed E-state index contributed by atoms with van der Waals surface area (Å²) in [5.41, 5.74) is -1.63. The SMILES string of the molecule is C=C[C@@H]1C[C@]1(CC(=O)[C@@H]1C[C@@]2(CN1C(=O)[C@@H](CC(=O)C(NC(=O)[C@@H]1CCCCN1CC)C1CCCCC1)C1CCOCC1)C(C)(C)C21CCC1)C(=O)NS(=O)(=O)N(CC)CC. The normalized spacial score (nSPS) is 32.2. The number of allylic oxidation sites excluding steroid dienone is 1. The molecular formula is C47H75N5O8S. The van der Waals surface area contributed by atoms with E-state index in [4.69, 9.17) is 4.74 Å². The van der Waals surface area contributed by atoms with E-state index in [1.54, 1.807) is 24.8 Å². The summed E-state index contributed by atoms with van der Waals surface area (Å²) in [5.74, 6) is -2.51. The summed E-state index contributed by atoms with van der Waals surface area (Å²) in [6.45, 7) is 17.3. The van der Waals surface area contributed by atoms with Gasteiger partial charge in [-0.25, -0.2) is 4.72 Å². The van der Waals surface area contributed by atoms with Crippen LogP contribution in [0.25, 0.3) is 0 Å². The van der Waals surface area contributed by atoms with E-state index in [-0.39, 0.29) is 89.4 Å². The first-order chi connectivity index (χ1) is 29.1. The van der Waals surface area contributed by atoms with Gasteiger partial charge in [-0.05, 0) is 106 Å². The summed E-state index contributed by atoms with van der Waals surface area (Å²) in [6, 6.07) is -1.75. The van der Waals surface area contributed by atoms with Crippen molar-refractivity contribution >= 4 is 39.5 Å². The van der Waals surface area contributed by atoms with Gasteiger partial charge in [0.05, 0.1) is 23.5 Å². The molecule has 342 valence electrons. The predicted octanol–water partition coefficient (Wildman–Crippen LogP) is 5.58. The van der Waals surface area contributed by atoms with Crippen LogP contribution in [-0.2, 0) is 38.9 Å². The fourth-order valence-corrected chi connectivity index (χ4v) is 14.8. The van der Waals surface area contributed by atoms with Crippen LogP contribution in [0.1, 0.15) is 144 Å². The molecule has 7 aliphatic rings. The van der Waals surface area contributed by atoms with Gasteiger partial charge in [-0.1, -0.05) is 72.8 Å². The van der Waals surface area contributed by atoms with Crippen LogP contribution in [0.5, 0.6) is 0 Å². The number of carbonyl (C=O) groups is 5. The number of carbonyl (C=O) groups excluding carboxylic acids is 5. The highest BCUT2D eigenvalue weighted by atomic mass is 32.2. The smallest absolute Gasteiger partial charge is 0.303 e. The highest BCUT2D eigenvalue weighted by molar-refractivity contribution is 7.87. The Labute approximate surface area is 365 Å². The number of ether oxygens (including phenoxy) is 1. The maximum absolute atomic E-state index is 15.6. The third kappa shape index (κ3) is 8.19. The summed E-state index contributed by atoms with van der Waals surface area (Å²) in [7, 11) is -4.13. The van der Waals surface area contributed by atoms with Gasteiger partial charge in [-0.15, -0.1) is 6.58 Å². The fourth-order valence-electron chi connectivity index (χ4n) is 13.6. The minimum absolute atomic E-state index is 0.00802. The third-order valence-corrected chi connectivity index (χ3v) is 19.4. The molecule has 3 saturated heterocycles. The zero-order valence-electron chi connectivity index (χ0n) is 37.8. The van der Waals surface area contributed by atoms with Crippen molar-refractivity contribution in [3.05, 3.63) is 12.7 Å². The second-order valence-corrected chi connectivity index (χ2v) is 22.1. The zero-order chi connectivity index (χ0) is 44.0. The molecule has 2 N–H and O–H groups in total. The average molecular weight is 870 g/mol. The molecule has 2 spiro atoms. The number of ketones is 2. The Kier molecular flexibility index (Phi) is 13.7. The molecule has 3 amide bonds. The Hall–Kier alpha value is -2.68. The van der Waals surface area contributed by atoms with Crippen molar-refractivity contribution in [2.45, 2.75) is 162 Å². The predicted molar refractivity (Wildman–Crippen MR) is 233 cm³/mol. The number of nitrogens with one attached hydrogen (secondary N) is 2. The quantitative estimate of drug-likeness (QED) is 0.168. The molecule has 4 aliphatic carbocycles. The molecule has 14 heteroatoms. The molecule has 3 aliphatic heterocycles. The monoisotopic (exact) mass is 870 g/mol. The first kappa shape index (κ1) is 46.3. The van der Waals surface area contributed by atoms with E-state index in [9.17, 15) is 27.6 Å². The lowest BCUT2D eigenvalue weighted by Gasteiger charge is -2.38. The largest absolute Gasteiger partial charge is 0.381 e.